The Kier molecular flexibility index (Phi) is 3.48. The van der Waals surface area contributed by atoms with Crippen molar-refractivity contribution in [3.63, 3.8) is 0 Å². The first-order valence-electron chi connectivity index (χ1n) is 4.20. The largest absolute Gasteiger partial charge is 0.352 e. The molecule has 70 valence electrons. The fourth-order valence-corrected chi connectivity index (χ4v) is 1.48. The van der Waals surface area contributed by atoms with Gasteiger partial charge in [0.1, 0.15) is 0 Å². The Morgan fingerprint density at radius 2 is 2.23 bits per heavy atom. The lowest BCUT2D eigenvalue weighted by atomic mass is 10.1. The van der Waals surface area contributed by atoms with Gasteiger partial charge in [-0.05, 0) is 31.5 Å². The summed E-state index contributed by atoms with van der Waals surface area (Å²) in [6.07, 6.45) is 0. The van der Waals surface area contributed by atoms with Crippen molar-refractivity contribution >= 4 is 21.8 Å². The third-order valence-corrected chi connectivity index (χ3v) is 2.71. The van der Waals surface area contributed by atoms with Crippen molar-refractivity contribution in [2.75, 3.05) is 6.54 Å². The van der Waals surface area contributed by atoms with E-state index < -0.39 is 0 Å². The molecule has 0 bridgehead atoms. The molecule has 0 aliphatic rings. The van der Waals surface area contributed by atoms with E-state index in [9.17, 15) is 4.79 Å². The predicted octanol–water partition coefficient (Wildman–Crippen LogP) is 2.51. The van der Waals surface area contributed by atoms with Crippen LogP contribution in [0, 0.1) is 6.92 Å². The first-order valence-corrected chi connectivity index (χ1v) is 4.99. The Balaban J connectivity index is 3.01. The molecule has 0 atom stereocenters. The van der Waals surface area contributed by atoms with Crippen LogP contribution in [0.1, 0.15) is 22.8 Å². The van der Waals surface area contributed by atoms with Crippen LogP contribution in [0.4, 0.5) is 0 Å². The van der Waals surface area contributed by atoms with Crippen LogP contribution >= 0.6 is 15.9 Å². The first-order chi connectivity index (χ1) is 6.16. The van der Waals surface area contributed by atoms with Crippen molar-refractivity contribution in [1.29, 1.82) is 0 Å². The van der Waals surface area contributed by atoms with Gasteiger partial charge in [-0.15, -0.1) is 0 Å². The molecule has 1 aromatic rings. The smallest absolute Gasteiger partial charge is 0.251 e. The van der Waals surface area contributed by atoms with E-state index >= 15 is 0 Å². The summed E-state index contributed by atoms with van der Waals surface area (Å²) in [5, 5.41) is 2.77. The number of amides is 1. The summed E-state index contributed by atoms with van der Waals surface area (Å²) in [7, 11) is 0. The number of carbonyl (C=O) groups excluding carboxylic acids is 1. The Morgan fingerprint density at radius 1 is 1.54 bits per heavy atom. The molecule has 0 saturated heterocycles. The molecule has 0 unspecified atom stereocenters. The fourth-order valence-electron chi connectivity index (χ4n) is 1.11. The first kappa shape index (κ1) is 10.3. The fraction of sp³-hybridized carbons (Fsp3) is 0.300. The highest BCUT2D eigenvalue weighted by molar-refractivity contribution is 9.10. The molecule has 3 heteroatoms. The summed E-state index contributed by atoms with van der Waals surface area (Å²) in [4.78, 5) is 11.5. The summed E-state index contributed by atoms with van der Waals surface area (Å²) in [5.41, 5.74) is 1.71. The number of rotatable bonds is 2. The summed E-state index contributed by atoms with van der Waals surface area (Å²) in [5.74, 6) is -0.0127. The molecule has 0 heterocycles. The van der Waals surface area contributed by atoms with Gasteiger partial charge in [-0.1, -0.05) is 22.0 Å². The number of carbonyl (C=O) groups is 1. The van der Waals surface area contributed by atoms with Gasteiger partial charge in [-0.2, -0.15) is 0 Å². The van der Waals surface area contributed by atoms with Gasteiger partial charge in [0.05, 0.1) is 0 Å². The molecule has 0 fully saturated rings. The minimum Gasteiger partial charge on any atom is -0.352 e. The number of halogens is 1. The molecule has 1 amide bonds. The highest BCUT2D eigenvalue weighted by Gasteiger charge is 2.08. The Hall–Kier alpha value is -0.830. The molecule has 1 aromatic carbocycles. The van der Waals surface area contributed by atoms with E-state index in [1.54, 1.807) is 0 Å². The number of nitrogens with one attached hydrogen (secondary N) is 1. The molecule has 1 N–H and O–H groups in total. The molecule has 0 aromatic heterocycles. The van der Waals surface area contributed by atoms with Gasteiger partial charge in [0.25, 0.3) is 5.91 Å². The number of hydrogen-bond donors (Lipinski definition) is 1. The highest BCUT2D eigenvalue weighted by atomic mass is 79.9. The Bertz CT molecular complexity index is 323. The monoisotopic (exact) mass is 241 g/mol. The lowest BCUT2D eigenvalue weighted by Crippen LogP contribution is -2.23. The predicted molar refractivity (Wildman–Crippen MR) is 56.9 cm³/mol. The van der Waals surface area contributed by atoms with Gasteiger partial charge in [0.15, 0.2) is 0 Å². The third-order valence-electron chi connectivity index (χ3n) is 1.85. The van der Waals surface area contributed by atoms with Crippen LogP contribution < -0.4 is 5.32 Å². The second-order valence-corrected chi connectivity index (χ2v) is 3.63. The Labute approximate surface area is 86.5 Å². The molecule has 0 aliphatic carbocycles. The normalized spacial score (nSPS) is 9.77. The zero-order valence-electron chi connectivity index (χ0n) is 7.73. The van der Waals surface area contributed by atoms with E-state index in [0.29, 0.717) is 6.54 Å². The van der Waals surface area contributed by atoms with Crippen LogP contribution in [-0.4, -0.2) is 12.5 Å². The van der Waals surface area contributed by atoms with Crippen molar-refractivity contribution in [2.45, 2.75) is 13.8 Å². The standard InChI is InChI=1S/C10H12BrNO/c1-3-12-10(13)8-5-4-6-9(11)7(8)2/h4-6H,3H2,1-2H3,(H,12,13). The lowest BCUT2D eigenvalue weighted by molar-refractivity contribution is 0.0955. The minimum absolute atomic E-state index is 0.0127. The summed E-state index contributed by atoms with van der Waals surface area (Å²) in [6, 6.07) is 5.62. The van der Waals surface area contributed by atoms with Crippen LogP contribution in [0.2, 0.25) is 0 Å². The zero-order chi connectivity index (χ0) is 9.84. The molecule has 0 spiro atoms. The van der Waals surface area contributed by atoms with Crippen LogP contribution in [-0.2, 0) is 0 Å². The van der Waals surface area contributed by atoms with Crippen molar-refractivity contribution in [3.8, 4) is 0 Å². The number of hydrogen-bond acceptors (Lipinski definition) is 1. The maximum atomic E-state index is 11.5. The van der Waals surface area contributed by atoms with Gasteiger partial charge in [-0.25, -0.2) is 0 Å². The number of benzene rings is 1. The molecule has 2 nitrogen and oxygen atoms in total. The maximum Gasteiger partial charge on any atom is 0.251 e. The molecule has 0 radical (unpaired) electrons. The van der Waals surface area contributed by atoms with E-state index in [1.807, 2.05) is 32.0 Å². The van der Waals surface area contributed by atoms with Crippen molar-refractivity contribution in [1.82, 2.24) is 5.32 Å². The zero-order valence-corrected chi connectivity index (χ0v) is 9.31. The average molecular weight is 242 g/mol. The van der Waals surface area contributed by atoms with Crippen LogP contribution in [0.25, 0.3) is 0 Å². The van der Waals surface area contributed by atoms with E-state index in [2.05, 4.69) is 21.2 Å². The van der Waals surface area contributed by atoms with Crippen molar-refractivity contribution in [2.24, 2.45) is 0 Å². The van der Waals surface area contributed by atoms with Gasteiger partial charge in [-0.3, -0.25) is 4.79 Å². The molecular weight excluding hydrogens is 230 g/mol. The quantitative estimate of drug-likeness (QED) is 0.848. The Morgan fingerprint density at radius 3 is 2.85 bits per heavy atom. The van der Waals surface area contributed by atoms with Crippen LogP contribution in [0.15, 0.2) is 22.7 Å². The summed E-state index contributed by atoms with van der Waals surface area (Å²) < 4.78 is 0.969. The highest BCUT2D eigenvalue weighted by Crippen LogP contribution is 2.18. The third kappa shape index (κ3) is 2.31. The average Bonchev–Trinajstić information content (AvgIpc) is 2.10. The molecule has 0 saturated carbocycles. The van der Waals surface area contributed by atoms with E-state index in [4.69, 9.17) is 0 Å². The van der Waals surface area contributed by atoms with E-state index in [0.717, 1.165) is 15.6 Å². The molecule has 1 rings (SSSR count). The topological polar surface area (TPSA) is 29.1 Å². The maximum absolute atomic E-state index is 11.5. The van der Waals surface area contributed by atoms with Gasteiger partial charge < -0.3 is 5.32 Å². The minimum atomic E-state index is -0.0127. The van der Waals surface area contributed by atoms with E-state index in [-0.39, 0.29) is 5.91 Å². The SMILES string of the molecule is CCNC(=O)c1cccc(Br)c1C. The van der Waals surface area contributed by atoms with E-state index in [1.165, 1.54) is 0 Å². The van der Waals surface area contributed by atoms with Gasteiger partial charge in [0.2, 0.25) is 0 Å². The van der Waals surface area contributed by atoms with Crippen LogP contribution in [0.3, 0.4) is 0 Å². The lowest BCUT2D eigenvalue weighted by Gasteiger charge is -2.06. The second-order valence-electron chi connectivity index (χ2n) is 2.77. The summed E-state index contributed by atoms with van der Waals surface area (Å²) >= 11 is 3.39. The molecule has 13 heavy (non-hydrogen) atoms. The summed E-state index contributed by atoms with van der Waals surface area (Å²) in [6.45, 7) is 4.49. The van der Waals surface area contributed by atoms with Crippen molar-refractivity contribution < 1.29 is 4.79 Å². The van der Waals surface area contributed by atoms with Crippen molar-refractivity contribution in [3.05, 3.63) is 33.8 Å². The second kappa shape index (κ2) is 4.42. The molecular formula is C10H12BrNO. The molecule has 0 aliphatic heterocycles. The van der Waals surface area contributed by atoms with Crippen LogP contribution in [0.5, 0.6) is 0 Å². The van der Waals surface area contributed by atoms with Gasteiger partial charge in [0, 0.05) is 16.6 Å². The van der Waals surface area contributed by atoms with Gasteiger partial charge >= 0.3 is 0 Å².